The van der Waals surface area contributed by atoms with Crippen molar-refractivity contribution in [1.82, 2.24) is 15.3 Å². The number of nitrogens with zero attached hydrogens (tertiary/aromatic N) is 2. The summed E-state index contributed by atoms with van der Waals surface area (Å²) in [6, 6.07) is 7.30. The molecule has 0 unspecified atom stereocenters. The Morgan fingerprint density at radius 2 is 2.12 bits per heavy atom. The summed E-state index contributed by atoms with van der Waals surface area (Å²) in [5.74, 6) is 1.74. The lowest BCUT2D eigenvalue weighted by Crippen LogP contribution is -2.28. The van der Waals surface area contributed by atoms with Crippen LogP contribution in [0.3, 0.4) is 0 Å². The van der Waals surface area contributed by atoms with Crippen LogP contribution in [-0.2, 0) is 4.79 Å². The zero-order valence-corrected chi connectivity index (χ0v) is 14.8. The van der Waals surface area contributed by atoms with Gasteiger partial charge < -0.3 is 15.4 Å². The van der Waals surface area contributed by atoms with E-state index in [1.807, 2.05) is 18.2 Å². The molecule has 0 radical (unpaired) electrons. The van der Waals surface area contributed by atoms with Crippen molar-refractivity contribution in [3.05, 3.63) is 42.9 Å². The average Bonchev–Trinajstić information content (AvgIpc) is 2.62. The van der Waals surface area contributed by atoms with Crippen LogP contribution < -0.4 is 15.4 Å². The van der Waals surface area contributed by atoms with Crippen LogP contribution in [0, 0.1) is 5.92 Å². The monoisotopic (exact) mass is 362 g/mol. The fraction of sp³-hybridized carbons (Fsp3) is 0.389. The van der Waals surface area contributed by atoms with E-state index in [0.29, 0.717) is 24.0 Å². The highest BCUT2D eigenvalue weighted by Crippen LogP contribution is 2.23. The van der Waals surface area contributed by atoms with E-state index in [1.165, 1.54) is 0 Å². The lowest BCUT2D eigenvalue weighted by molar-refractivity contribution is -0.116. The summed E-state index contributed by atoms with van der Waals surface area (Å²) in [7, 11) is 0. The maximum atomic E-state index is 12.1. The van der Waals surface area contributed by atoms with Crippen molar-refractivity contribution in [2.75, 3.05) is 18.4 Å². The number of hydrogen-bond donors (Lipinski definition) is 2. The molecule has 7 heteroatoms. The maximum Gasteiger partial charge on any atom is 0.237 e. The third kappa shape index (κ3) is 6.32. The minimum absolute atomic E-state index is 0. The first-order valence-corrected chi connectivity index (χ1v) is 8.34. The normalized spacial score (nSPS) is 14.4. The van der Waals surface area contributed by atoms with Gasteiger partial charge in [0.1, 0.15) is 5.75 Å². The van der Waals surface area contributed by atoms with Gasteiger partial charge in [0, 0.05) is 30.6 Å². The Hall–Kier alpha value is -2.18. The van der Waals surface area contributed by atoms with Crippen molar-refractivity contribution in [2.45, 2.75) is 25.7 Å². The minimum Gasteiger partial charge on any atom is -0.437 e. The Balaban J connectivity index is 0.00000225. The quantitative estimate of drug-likeness (QED) is 0.823. The molecule has 0 atom stereocenters. The summed E-state index contributed by atoms with van der Waals surface area (Å²) >= 11 is 0. The molecule has 6 nitrogen and oxygen atoms in total. The highest BCUT2D eigenvalue weighted by Gasteiger charge is 2.14. The highest BCUT2D eigenvalue weighted by atomic mass is 35.5. The van der Waals surface area contributed by atoms with Gasteiger partial charge in [0.05, 0.1) is 6.20 Å². The third-order valence-electron chi connectivity index (χ3n) is 4.12. The summed E-state index contributed by atoms with van der Waals surface area (Å²) < 4.78 is 5.62. The lowest BCUT2D eigenvalue weighted by Gasteiger charge is -2.22. The highest BCUT2D eigenvalue weighted by molar-refractivity contribution is 5.90. The van der Waals surface area contributed by atoms with Crippen molar-refractivity contribution in [2.24, 2.45) is 5.92 Å². The van der Waals surface area contributed by atoms with Crippen LogP contribution in [-0.4, -0.2) is 29.0 Å². The van der Waals surface area contributed by atoms with E-state index >= 15 is 0 Å². The number of rotatable bonds is 6. The average molecular weight is 363 g/mol. The Morgan fingerprint density at radius 1 is 1.28 bits per heavy atom. The first kappa shape index (κ1) is 19.1. The first-order valence-electron chi connectivity index (χ1n) is 8.34. The summed E-state index contributed by atoms with van der Waals surface area (Å²) in [4.78, 5) is 20.2. The Bertz CT molecular complexity index is 663. The number of anilines is 1. The van der Waals surface area contributed by atoms with E-state index in [-0.39, 0.29) is 18.3 Å². The predicted molar refractivity (Wildman–Crippen MR) is 99.3 cm³/mol. The van der Waals surface area contributed by atoms with Crippen molar-refractivity contribution in [3.8, 4) is 11.6 Å². The molecule has 0 spiro atoms. The van der Waals surface area contributed by atoms with Crippen molar-refractivity contribution < 1.29 is 9.53 Å². The molecule has 1 aromatic heterocycles. The molecular weight excluding hydrogens is 340 g/mol. The SMILES string of the molecule is Cl.O=C(CCC1CCNCC1)Nc1cccc(Oc2cnccn2)c1. The molecule has 3 rings (SSSR count). The van der Waals surface area contributed by atoms with Gasteiger partial charge in [0.25, 0.3) is 0 Å². The molecular formula is C18H23ClN4O2. The minimum atomic E-state index is 0. The number of ether oxygens (including phenoxy) is 1. The molecule has 0 saturated carbocycles. The van der Waals surface area contributed by atoms with E-state index in [1.54, 1.807) is 24.7 Å². The molecule has 25 heavy (non-hydrogen) atoms. The summed E-state index contributed by atoms with van der Waals surface area (Å²) in [6.45, 7) is 2.13. The Labute approximate surface area is 153 Å². The fourth-order valence-corrected chi connectivity index (χ4v) is 2.83. The summed E-state index contributed by atoms with van der Waals surface area (Å²) in [5.41, 5.74) is 0.728. The van der Waals surface area contributed by atoms with Gasteiger partial charge in [-0.05, 0) is 50.4 Å². The molecule has 2 N–H and O–H groups in total. The topological polar surface area (TPSA) is 76.1 Å². The zero-order valence-electron chi connectivity index (χ0n) is 14.0. The molecule has 1 aromatic carbocycles. The number of carbonyl (C=O) groups excluding carboxylic acids is 1. The number of aromatic nitrogens is 2. The molecule has 1 saturated heterocycles. The number of carbonyl (C=O) groups is 1. The zero-order chi connectivity index (χ0) is 16.6. The van der Waals surface area contributed by atoms with E-state index in [0.717, 1.165) is 38.0 Å². The predicted octanol–water partition coefficient (Wildman–Crippen LogP) is 3.41. The van der Waals surface area contributed by atoms with Crippen LogP contribution in [0.15, 0.2) is 42.9 Å². The molecule has 0 aliphatic carbocycles. The van der Waals surface area contributed by atoms with Crippen molar-refractivity contribution >= 4 is 24.0 Å². The Morgan fingerprint density at radius 3 is 2.88 bits per heavy atom. The van der Waals surface area contributed by atoms with Crippen LogP contribution in [0.25, 0.3) is 0 Å². The van der Waals surface area contributed by atoms with Crippen molar-refractivity contribution in [3.63, 3.8) is 0 Å². The van der Waals surface area contributed by atoms with Gasteiger partial charge in [0.15, 0.2) is 0 Å². The summed E-state index contributed by atoms with van der Waals surface area (Å²) in [6.07, 6.45) is 8.53. The van der Waals surface area contributed by atoms with Gasteiger partial charge in [0.2, 0.25) is 11.8 Å². The number of hydrogen-bond acceptors (Lipinski definition) is 5. The second-order valence-corrected chi connectivity index (χ2v) is 5.95. The largest absolute Gasteiger partial charge is 0.437 e. The molecule has 1 fully saturated rings. The van der Waals surface area contributed by atoms with E-state index in [4.69, 9.17) is 4.74 Å². The second kappa shape index (κ2) is 9.96. The van der Waals surface area contributed by atoms with E-state index in [9.17, 15) is 4.79 Å². The Kier molecular flexibility index (Phi) is 7.63. The van der Waals surface area contributed by atoms with Crippen LogP contribution >= 0.6 is 12.4 Å². The van der Waals surface area contributed by atoms with Crippen molar-refractivity contribution in [1.29, 1.82) is 0 Å². The van der Waals surface area contributed by atoms with Crippen LogP contribution in [0.2, 0.25) is 0 Å². The first-order chi connectivity index (χ1) is 11.8. The number of piperidine rings is 1. The van der Waals surface area contributed by atoms with Gasteiger partial charge in [-0.1, -0.05) is 6.07 Å². The number of benzene rings is 1. The van der Waals surface area contributed by atoms with Gasteiger partial charge in [-0.15, -0.1) is 12.4 Å². The molecule has 1 aliphatic rings. The standard InChI is InChI=1S/C18H22N4O2.ClH/c23-17(5-4-14-6-8-19-9-7-14)22-15-2-1-3-16(12-15)24-18-13-20-10-11-21-18;/h1-3,10-14,19H,4-9H2,(H,22,23);1H. The molecule has 1 amide bonds. The number of nitrogens with one attached hydrogen (secondary N) is 2. The van der Waals surface area contributed by atoms with Gasteiger partial charge in [-0.25, -0.2) is 4.98 Å². The smallest absolute Gasteiger partial charge is 0.237 e. The third-order valence-corrected chi connectivity index (χ3v) is 4.12. The van der Waals surface area contributed by atoms with E-state index < -0.39 is 0 Å². The van der Waals surface area contributed by atoms with E-state index in [2.05, 4.69) is 20.6 Å². The molecule has 0 bridgehead atoms. The molecule has 2 heterocycles. The van der Waals surface area contributed by atoms with Gasteiger partial charge >= 0.3 is 0 Å². The van der Waals surface area contributed by atoms with Gasteiger partial charge in [-0.2, -0.15) is 0 Å². The van der Waals surface area contributed by atoms with Gasteiger partial charge in [-0.3, -0.25) is 9.78 Å². The number of halogens is 1. The van der Waals surface area contributed by atoms with Crippen LogP contribution in [0.4, 0.5) is 5.69 Å². The maximum absolute atomic E-state index is 12.1. The molecule has 134 valence electrons. The van der Waals surface area contributed by atoms with Crippen LogP contribution in [0.1, 0.15) is 25.7 Å². The molecule has 2 aromatic rings. The molecule has 1 aliphatic heterocycles. The summed E-state index contributed by atoms with van der Waals surface area (Å²) in [5, 5.41) is 6.28. The van der Waals surface area contributed by atoms with Crippen LogP contribution in [0.5, 0.6) is 11.6 Å². The number of amides is 1. The second-order valence-electron chi connectivity index (χ2n) is 5.95. The fourth-order valence-electron chi connectivity index (χ4n) is 2.83. The lowest BCUT2D eigenvalue weighted by atomic mass is 9.93.